The molecule has 0 saturated heterocycles. The van der Waals surface area contributed by atoms with Crippen LogP contribution in [0.25, 0.3) is 5.57 Å². The van der Waals surface area contributed by atoms with Gasteiger partial charge in [-0.15, -0.1) is 0 Å². The van der Waals surface area contributed by atoms with E-state index < -0.39 is 0 Å². The van der Waals surface area contributed by atoms with E-state index in [1.165, 1.54) is 4.90 Å². The van der Waals surface area contributed by atoms with E-state index in [2.05, 4.69) is 21.2 Å². The highest BCUT2D eigenvalue weighted by Crippen LogP contribution is 2.32. The first-order valence-electron chi connectivity index (χ1n) is 9.38. The number of carbonyl (C=O) groups excluding carboxylic acids is 2. The van der Waals surface area contributed by atoms with Gasteiger partial charge in [0.1, 0.15) is 11.4 Å². The van der Waals surface area contributed by atoms with Crippen molar-refractivity contribution in [1.29, 1.82) is 0 Å². The number of ether oxygens (including phenoxy) is 1. The van der Waals surface area contributed by atoms with E-state index in [1.807, 2.05) is 54.6 Å². The number of hydrogen-bond acceptors (Lipinski definition) is 4. The third-order valence-corrected chi connectivity index (χ3v) is 5.37. The summed E-state index contributed by atoms with van der Waals surface area (Å²) in [6, 6.07) is 24.0. The van der Waals surface area contributed by atoms with Crippen LogP contribution in [0.5, 0.6) is 5.75 Å². The van der Waals surface area contributed by atoms with Gasteiger partial charge in [-0.2, -0.15) is 0 Å². The van der Waals surface area contributed by atoms with Gasteiger partial charge in [0, 0.05) is 10.2 Å². The first-order valence-corrected chi connectivity index (χ1v) is 10.2. The number of carbonyl (C=O) groups is 2. The van der Waals surface area contributed by atoms with Crippen molar-refractivity contribution in [3.05, 3.63) is 100 Å². The molecule has 3 aromatic rings. The zero-order chi connectivity index (χ0) is 21.1. The Hall–Kier alpha value is -3.38. The molecule has 150 valence electrons. The minimum atomic E-state index is -0.349. The SMILES string of the molecule is COc1ccc(C2=C(Nc3ccc(Br)cc3)C(=O)N(Cc3ccccc3)C2=O)cc1. The molecule has 0 spiro atoms. The normalized spacial score (nSPS) is 13.7. The summed E-state index contributed by atoms with van der Waals surface area (Å²) < 4.78 is 6.14. The Labute approximate surface area is 183 Å². The van der Waals surface area contributed by atoms with Crippen molar-refractivity contribution >= 4 is 39.0 Å². The fourth-order valence-corrected chi connectivity index (χ4v) is 3.57. The van der Waals surface area contributed by atoms with E-state index in [0.717, 1.165) is 15.7 Å². The van der Waals surface area contributed by atoms with Gasteiger partial charge in [-0.3, -0.25) is 14.5 Å². The summed E-state index contributed by atoms with van der Waals surface area (Å²) in [6.45, 7) is 0.212. The van der Waals surface area contributed by atoms with Crippen molar-refractivity contribution in [2.75, 3.05) is 12.4 Å². The Kier molecular flexibility index (Phi) is 5.68. The highest BCUT2D eigenvalue weighted by Gasteiger charge is 2.39. The lowest BCUT2D eigenvalue weighted by Gasteiger charge is -2.15. The quantitative estimate of drug-likeness (QED) is 0.531. The summed E-state index contributed by atoms with van der Waals surface area (Å²) in [5.41, 5.74) is 2.88. The molecule has 4 rings (SSSR count). The Balaban J connectivity index is 1.73. The summed E-state index contributed by atoms with van der Waals surface area (Å²) in [5.74, 6) is 0.00547. The summed E-state index contributed by atoms with van der Waals surface area (Å²) >= 11 is 3.41. The highest BCUT2D eigenvalue weighted by atomic mass is 79.9. The third-order valence-electron chi connectivity index (χ3n) is 4.84. The smallest absolute Gasteiger partial charge is 0.278 e. The van der Waals surface area contributed by atoms with Crippen molar-refractivity contribution in [1.82, 2.24) is 4.90 Å². The molecule has 0 saturated carbocycles. The second-order valence-corrected chi connectivity index (χ2v) is 7.71. The number of hydrogen-bond donors (Lipinski definition) is 1. The molecule has 2 amide bonds. The van der Waals surface area contributed by atoms with Crippen LogP contribution in [-0.4, -0.2) is 23.8 Å². The average Bonchev–Trinajstić information content (AvgIpc) is 3.00. The van der Waals surface area contributed by atoms with E-state index in [9.17, 15) is 9.59 Å². The second kappa shape index (κ2) is 8.55. The molecule has 1 N–H and O–H groups in total. The van der Waals surface area contributed by atoms with Gasteiger partial charge in [-0.25, -0.2) is 0 Å². The van der Waals surface area contributed by atoms with Crippen molar-refractivity contribution < 1.29 is 14.3 Å². The molecule has 1 aliphatic heterocycles. The van der Waals surface area contributed by atoms with Gasteiger partial charge in [-0.1, -0.05) is 58.4 Å². The van der Waals surface area contributed by atoms with E-state index in [1.54, 1.807) is 31.4 Å². The van der Waals surface area contributed by atoms with Crippen LogP contribution >= 0.6 is 15.9 Å². The number of methoxy groups -OCH3 is 1. The Morgan fingerprint density at radius 2 is 1.53 bits per heavy atom. The fraction of sp³-hybridized carbons (Fsp3) is 0.0833. The molecule has 0 bridgehead atoms. The predicted octanol–water partition coefficient (Wildman–Crippen LogP) is 4.85. The molecule has 0 aromatic heterocycles. The van der Waals surface area contributed by atoms with Gasteiger partial charge in [0.05, 0.1) is 19.2 Å². The van der Waals surface area contributed by atoms with E-state index in [0.29, 0.717) is 16.9 Å². The number of halogens is 1. The monoisotopic (exact) mass is 462 g/mol. The number of nitrogens with zero attached hydrogens (tertiary/aromatic N) is 1. The largest absolute Gasteiger partial charge is 0.497 e. The highest BCUT2D eigenvalue weighted by molar-refractivity contribution is 9.10. The van der Waals surface area contributed by atoms with Crippen LogP contribution in [0.15, 0.2) is 89.0 Å². The van der Waals surface area contributed by atoms with Crippen molar-refractivity contribution in [3.63, 3.8) is 0 Å². The van der Waals surface area contributed by atoms with Crippen LogP contribution in [0.3, 0.4) is 0 Å². The number of amides is 2. The van der Waals surface area contributed by atoms with Gasteiger partial charge in [0.2, 0.25) is 0 Å². The lowest BCUT2D eigenvalue weighted by atomic mass is 10.0. The van der Waals surface area contributed by atoms with Gasteiger partial charge >= 0.3 is 0 Å². The molecule has 0 aliphatic carbocycles. The third kappa shape index (κ3) is 4.00. The van der Waals surface area contributed by atoms with Gasteiger partial charge < -0.3 is 10.1 Å². The fourth-order valence-electron chi connectivity index (χ4n) is 3.30. The van der Waals surface area contributed by atoms with Crippen LogP contribution in [0.2, 0.25) is 0 Å². The van der Waals surface area contributed by atoms with E-state index in [4.69, 9.17) is 4.74 Å². The first-order chi connectivity index (χ1) is 14.6. The Bertz CT molecular complexity index is 1110. The molecular weight excluding hydrogens is 444 g/mol. The summed E-state index contributed by atoms with van der Waals surface area (Å²) in [4.78, 5) is 27.8. The minimum Gasteiger partial charge on any atom is -0.497 e. The standard InChI is InChI=1S/C24H19BrN2O3/c1-30-20-13-7-17(8-14-20)21-22(26-19-11-9-18(25)10-12-19)24(29)27(23(21)28)15-16-5-3-2-4-6-16/h2-14,26H,15H2,1H3. The maximum absolute atomic E-state index is 13.3. The zero-order valence-corrected chi connectivity index (χ0v) is 17.8. The number of imide groups is 1. The summed E-state index contributed by atoms with van der Waals surface area (Å²) in [7, 11) is 1.58. The predicted molar refractivity (Wildman–Crippen MR) is 120 cm³/mol. The number of rotatable bonds is 6. The average molecular weight is 463 g/mol. The molecule has 5 nitrogen and oxygen atoms in total. The molecule has 6 heteroatoms. The molecule has 0 fully saturated rings. The number of anilines is 1. The molecule has 0 unspecified atom stereocenters. The molecule has 3 aromatic carbocycles. The van der Waals surface area contributed by atoms with Gasteiger partial charge in [0.15, 0.2) is 0 Å². The zero-order valence-electron chi connectivity index (χ0n) is 16.3. The molecule has 1 heterocycles. The molecule has 30 heavy (non-hydrogen) atoms. The van der Waals surface area contributed by atoms with E-state index in [-0.39, 0.29) is 24.1 Å². The Morgan fingerprint density at radius 1 is 0.867 bits per heavy atom. The lowest BCUT2D eigenvalue weighted by Crippen LogP contribution is -2.31. The van der Waals surface area contributed by atoms with Crippen molar-refractivity contribution in [2.24, 2.45) is 0 Å². The second-order valence-electron chi connectivity index (χ2n) is 6.79. The molecular formula is C24H19BrN2O3. The Morgan fingerprint density at radius 3 is 2.17 bits per heavy atom. The van der Waals surface area contributed by atoms with Crippen molar-refractivity contribution in [2.45, 2.75) is 6.54 Å². The van der Waals surface area contributed by atoms with Crippen LogP contribution in [0, 0.1) is 0 Å². The summed E-state index contributed by atoms with van der Waals surface area (Å²) in [6.07, 6.45) is 0. The first kappa shape index (κ1) is 19.9. The lowest BCUT2D eigenvalue weighted by molar-refractivity contribution is -0.137. The van der Waals surface area contributed by atoms with Gasteiger partial charge in [-0.05, 0) is 47.5 Å². The topological polar surface area (TPSA) is 58.6 Å². The number of nitrogens with one attached hydrogen (secondary N) is 1. The molecule has 0 radical (unpaired) electrons. The maximum atomic E-state index is 13.3. The summed E-state index contributed by atoms with van der Waals surface area (Å²) in [5, 5.41) is 3.16. The van der Waals surface area contributed by atoms with Crippen LogP contribution in [0.4, 0.5) is 5.69 Å². The molecule has 0 atom stereocenters. The van der Waals surface area contributed by atoms with Gasteiger partial charge in [0.25, 0.3) is 11.8 Å². The maximum Gasteiger partial charge on any atom is 0.278 e. The van der Waals surface area contributed by atoms with Crippen LogP contribution in [0.1, 0.15) is 11.1 Å². The van der Waals surface area contributed by atoms with Crippen molar-refractivity contribution in [3.8, 4) is 5.75 Å². The van der Waals surface area contributed by atoms with E-state index >= 15 is 0 Å². The minimum absolute atomic E-state index is 0.212. The van der Waals surface area contributed by atoms with Crippen LogP contribution in [-0.2, 0) is 16.1 Å². The van der Waals surface area contributed by atoms with Crippen LogP contribution < -0.4 is 10.1 Å². The number of benzene rings is 3. The molecule has 1 aliphatic rings.